The molecule has 0 saturated heterocycles. The van der Waals surface area contributed by atoms with Crippen molar-refractivity contribution in [1.29, 1.82) is 0 Å². The Balaban J connectivity index is 2.65. The van der Waals surface area contributed by atoms with Crippen LogP contribution in [-0.2, 0) is 11.1 Å². The summed E-state index contributed by atoms with van der Waals surface area (Å²) in [6, 6.07) is 6.08. The Bertz CT molecular complexity index is 374. The van der Waals surface area contributed by atoms with E-state index in [2.05, 4.69) is 19.1 Å². The molecule has 1 rings (SSSR count). The summed E-state index contributed by atoms with van der Waals surface area (Å²) in [5.74, 6) is 0.556. The minimum atomic E-state index is -0.142. The number of hydrogen-bond donors (Lipinski definition) is 0. The minimum Gasteiger partial charge on any atom is -0.426 e. The number of benzene rings is 1. The summed E-state index contributed by atoms with van der Waals surface area (Å²) < 4.78 is 5.31. The van der Waals surface area contributed by atoms with Gasteiger partial charge in [0, 0.05) is 6.42 Å². The lowest BCUT2D eigenvalue weighted by atomic mass is 9.69. The zero-order valence-electron chi connectivity index (χ0n) is 11.1. The number of carbonyl (C=O) groups excluding carboxylic acids is 1. The molecule has 0 aromatic heterocycles. The molecule has 0 fully saturated rings. The molecule has 0 N–H and O–H groups in total. The van der Waals surface area contributed by atoms with E-state index >= 15 is 0 Å². The quantitative estimate of drug-likeness (QED) is 0.428. The van der Waals surface area contributed by atoms with Crippen LogP contribution >= 0.6 is 0 Å². The number of aryl methyl sites for hydroxylation is 1. The highest BCUT2D eigenvalue weighted by Crippen LogP contribution is 2.20. The Hall–Kier alpha value is -1.25. The maximum Gasteiger partial charge on any atom is 0.311 e. The van der Waals surface area contributed by atoms with Gasteiger partial charge in [-0.2, -0.15) is 0 Å². The first-order chi connectivity index (χ1) is 8.17. The van der Waals surface area contributed by atoms with Gasteiger partial charge in [0.25, 0.3) is 0 Å². The van der Waals surface area contributed by atoms with Crippen molar-refractivity contribution in [2.75, 3.05) is 0 Å². The van der Waals surface area contributed by atoms with Crippen LogP contribution in [0.25, 0.3) is 0 Å². The van der Waals surface area contributed by atoms with E-state index in [0.29, 0.717) is 12.2 Å². The van der Waals surface area contributed by atoms with Gasteiger partial charge in [-0.25, -0.2) is 0 Å². The predicted octanol–water partition coefficient (Wildman–Crippen LogP) is 3.08. The van der Waals surface area contributed by atoms with Crippen molar-refractivity contribution < 1.29 is 9.53 Å². The lowest BCUT2D eigenvalue weighted by molar-refractivity contribution is -0.134. The summed E-state index contributed by atoms with van der Waals surface area (Å²) in [6.07, 6.45) is 3.61. The number of esters is 1. The molecule has 0 aliphatic heterocycles. The lowest BCUT2D eigenvalue weighted by Gasteiger charge is -2.08. The second-order valence-electron chi connectivity index (χ2n) is 4.43. The molecule has 1 aromatic rings. The molecule has 0 saturated carbocycles. The van der Waals surface area contributed by atoms with Gasteiger partial charge in [-0.3, -0.25) is 4.79 Å². The van der Waals surface area contributed by atoms with Crippen LogP contribution in [0.3, 0.4) is 0 Å². The molecule has 0 unspecified atom stereocenters. The Morgan fingerprint density at radius 2 is 2.12 bits per heavy atom. The van der Waals surface area contributed by atoms with E-state index in [0.717, 1.165) is 18.3 Å². The molecule has 0 amide bonds. The Morgan fingerprint density at radius 1 is 1.35 bits per heavy atom. The van der Waals surface area contributed by atoms with Crippen LogP contribution in [0, 0.1) is 6.92 Å². The number of hydrogen-bond acceptors (Lipinski definition) is 2. The van der Waals surface area contributed by atoms with Crippen LogP contribution in [0.15, 0.2) is 18.2 Å². The molecule has 0 aliphatic carbocycles. The summed E-state index contributed by atoms with van der Waals surface area (Å²) in [5.41, 5.74) is 2.36. The Kier molecular flexibility index (Phi) is 5.81. The molecule has 0 atom stereocenters. The van der Waals surface area contributed by atoms with Gasteiger partial charge in [-0.15, -0.1) is 0 Å². The van der Waals surface area contributed by atoms with Crippen molar-refractivity contribution in [3.8, 4) is 5.75 Å². The molecule has 17 heavy (non-hydrogen) atoms. The van der Waals surface area contributed by atoms with E-state index in [1.54, 1.807) is 0 Å². The third kappa shape index (κ3) is 4.64. The second-order valence-corrected chi connectivity index (χ2v) is 4.43. The molecule has 2 nitrogen and oxygen atoms in total. The van der Waals surface area contributed by atoms with E-state index < -0.39 is 0 Å². The fourth-order valence-corrected chi connectivity index (χ4v) is 1.74. The maximum atomic E-state index is 11.4. The van der Waals surface area contributed by atoms with Crippen LogP contribution in [0.5, 0.6) is 5.75 Å². The summed E-state index contributed by atoms with van der Waals surface area (Å²) in [7, 11) is 1.20. The lowest BCUT2D eigenvalue weighted by Crippen LogP contribution is -2.08. The molecule has 1 aromatic carbocycles. The van der Waals surface area contributed by atoms with Crippen molar-refractivity contribution in [2.45, 2.75) is 46.3 Å². The third-order valence-electron chi connectivity index (χ3n) is 2.74. The van der Waals surface area contributed by atoms with Gasteiger partial charge in [-0.05, 0) is 25.0 Å². The smallest absolute Gasteiger partial charge is 0.311 e. The largest absolute Gasteiger partial charge is 0.426 e. The first-order valence-electron chi connectivity index (χ1n) is 6.47. The number of carbonyl (C=O) groups is 1. The average Bonchev–Trinajstić information content (AvgIpc) is 2.30. The Labute approximate surface area is 105 Å². The monoisotopic (exact) mass is 232 g/mol. The molecule has 0 spiro atoms. The van der Waals surface area contributed by atoms with Gasteiger partial charge in [-0.1, -0.05) is 44.2 Å². The van der Waals surface area contributed by atoms with Crippen molar-refractivity contribution in [3.63, 3.8) is 0 Å². The maximum absolute atomic E-state index is 11.4. The highest BCUT2D eigenvalue weighted by Gasteiger charge is 2.06. The molecule has 0 aliphatic rings. The molecule has 0 radical (unpaired) electrons. The summed E-state index contributed by atoms with van der Waals surface area (Å²) in [5, 5.41) is 0. The standard InChI is InChI=1S/C14H21BO2/c1-4-6-14(16)17-13-8-7-12(9-11(13)3)10-15-5-2/h7-9,15H,4-6,10H2,1-3H3. The first kappa shape index (κ1) is 13.8. The number of rotatable bonds is 6. The topological polar surface area (TPSA) is 26.3 Å². The normalized spacial score (nSPS) is 10.1. The van der Waals surface area contributed by atoms with Gasteiger partial charge >= 0.3 is 5.97 Å². The van der Waals surface area contributed by atoms with Crippen molar-refractivity contribution in [2.24, 2.45) is 0 Å². The van der Waals surface area contributed by atoms with Crippen LogP contribution in [0.1, 0.15) is 37.8 Å². The molecular formula is C14H21BO2. The van der Waals surface area contributed by atoms with E-state index in [1.165, 1.54) is 19.2 Å². The van der Waals surface area contributed by atoms with Crippen molar-refractivity contribution >= 4 is 13.2 Å². The van der Waals surface area contributed by atoms with Gasteiger partial charge in [0.2, 0.25) is 0 Å². The van der Waals surface area contributed by atoms with E-state index in [4.69, 9.17) is 4.74 Å². The van der Waals surface area contributed by atoms with Crippen molar-refractivity contribution in [1.82, 2.24) is 0 Å². The van der Waals surface area contributed by atoms with E-state index in [-0.39, 0.29) is 5.97 Å². The van der Waals surface area contributed by atoms with Gasteiger partial charge in [0.1, 0.15) is 13.0 Å². The molecular weight excluding hydrogens is 211 g/mol. The van der Waals surface area contributed by atoms with Crippen LogP contribution in [0.2, 0.25) is 6.32 Å². The summed E-state index contributed by atoms with van der Waals surface area (Å²) in [6.45, 7) is 6.15. The summed E-state index contributed by atoms with van der Waals surface area (Å²) >= 11 is 0. The molecule has 3 heteroatoms. The Morgan fingerprint density at radius 3 is 2.71 bits per heavy atom. The SMILES string of the molecule is CCBCc1ccc(OC(=O)CCC)c(C)c1. The first-order valence-corrected chi connectivity index (χ1v) is 6.47. The van der Waals surface area contributed by atoms with Crippen LogP contribution < -0.4 is 4.74 Å². The zero-order valence-corrected chi connectivity index (χ0v) is 11.1. The van der Waals surface area contributed by atoms with E-state index in [9.17, 15) is 4.79 Å². The predicted molar refractivity (Wildman–Crippen MR) is 73.1 cm³/mol. The average molecular weight is 232 g/mol. The van der Waals surface area contributed by atoms with Crippen LogP contribution in [0.4, 0.5) is 0 Å². The fourth-order valence-electron chi connectivity index (χ4n) is 1.74. The summed E-state index contributed by atoms with van der Waals surface area (Å²) in [4.78, 5) is 11.4. The zero-order chi connectivity index (χ0) is 12.7. The highest BCUT2D eigenvalue weighted by molar-refractivity contribution is 6.34. The van der Waals surface area contributed by atoms with Crippen LogP contribution in [-0.4, -0.2) is 13.2 Å². The molecule has 0 bridgehead atoms. The second kappa shape index (κ2) is 7.15. The minimum absolute atomic E-state index is 0.142. The van der Waals surface area contributed by atoms with Gasteiger partial charge in [0.05, 0.1) is 0 Å². The number of ether oxygens (including phenoxy) is 1. The van der Waals surface area contributed by atoms with E-state index in [1.807, 2.05) is 19.9 Å². The fraction of sp³-hybridized carbons (Fsp3) is 0.500. The molecule has 92 valence electrons. The van der Waals surface area contributed by atoms with Gasteiger partial charge in [0.15, 0.2) is 0 Å². The van der Waals surface area contributed by atoms with Crippen molar-refractivity contribution in [3.05, 3.63) is 29.3 Å². The van der Waals surface area contributed by atoms with Gasteiger partial charge < -0.3 is 4.74 Å². The highest BCUT2D eigenvalue weighted by atomic mass is 16.5. The third-order valence-corrected chi connectivity index (χ3v) is 2.74. The molecule has 0 heterocycles.